The summed E-state index contributed by atoms with van der Waals surface area (Å²) in [6.45, 7) is 2.15. The summed E-state index contributed by atoms with van der Waals surface area (Å²) >= 11 is 0. The molecule has 0 saturated heterocycles. The summed E-state index contributed by atoms with van der Waals surface area (Å²) in [4.78, 5) is 18.2. The summed E-state index contributed by atoms with van der Waals surface area (Å²) in [6, 6.07) is 3.93. The van der Waals surface area contributed by atoms with Crippen molar-refractivity contribution in [1.82, 2.24) is 15.2 Å². The third-order valence-corrected chi connectivity index (χ3v) is 6.67. The fourth-order valence-corrected chi connectivity index (χ4v) is 5.70. The summed E-state index contributed by atoms with van der Waals surface area (Å²) in [5.41, 5.74) is 1.13. The summed E-state index contributed by atoms with van der Waals surface area (Å²) in [6.07, 6.45) is 10.9. The lowest BCUT2D eigenvalue weighted by atomic mass is 9.52. The molecule has 0 aromatic carbocycles. The SMILES string of the molecule is CN(Cc1ccncc1)C(=O)CNCC1C2CC3CC(C2)CC1C3. The minimum atomic E-state index is 0.177. The number of nitrogens with zero attached hydrogens (tertiary/aromatic N) is 2. The van der Waals surface area contributed by atoms with Gasteiger partial charge in [-0.15, -0.1) is 0 Å². The van der Waals surface area contributed by atoms with Crippen LogP contribution < -0.4 is 5.32 Å². The van der Waals surface area contributed by atoms with Crippen LogP contribution in [-0.4, -0.2) is 35.9 Å². The van der Waals surface area contributed by atoms with Crippen LogP contribution in [0.3, 0.4) is 0 Å². The molecule has 0 unspecified atom stereocenters. The van der Waals surface area contributed by atoms with Crippen LogP contribution in [0, 0.1) is 29.6 Å². The zero-order valence-corrected chi connectivity index (χ0v) is 14.7. The van der Waals surface area contributed by atoms with Crippen LogP contribution in [-0.2, 0) is 11.3 Å². The molecule has 0 aliphatic heterocycles. The monoisotopic (exact) mass is 327 g/mol. The van der Waals surface area contributed by atoms with E-state index < -0.39 is 0 Å². The van der Waals surface area contributed by atoms with Gasteiger partial charge < -0.3 is 10.2 Å². The van der Waals surface area contributed by atoms with Gasteiger partial charge in [0, 0.05) is 26.0 Å². The molecule has 24 heavy (non-hydrogen) atoms. The molecule has 4 nitrogen and oxygen atoms in total. The Morgan fingerprint density at radius 3 is 2.38 bits per heavy atom. The van der Waals surface area contributed by atoms with E-state index in [1.807, 2.05) is 19.2 Å². The number of carbonyl (C=O) groups is 1. The second-order valence-corrected chi connectivity index (χ2v) is 8.33. The van der Waals surface area contributed by atoms with Crippen molar-refractivity contribution >= 4 is 5.91 Å². The number of carbonyl (C=O) groups excluding carboxylic acids is 1. The Balaban J connectivity index is 1.23. The Hall–Kier alpha value is -1.42. The van der Waals surface area contributed by atoms with Crippen LogP contribution in [0.15, 0.2) is 24.5 Å². The molecule has 4 aliphatic rings. The quantitative estimate of drug-likeness (QED) is 0.874. The molecule has 1 aromatic rings. The Bertz CT molecular complexity index is 546. The number of nitrogens with one attached hydrogen (secondary N) is 1. The maximum atomic E-state index is 12.3. The maximum Gasteiger partial charge on any atom is 0.236 e. The molecule has 4 bridgehead atoms. The van der Waals surface area contributed by atoms with Gasteiger partial charge >= 0.3 is 0 Å². The number of hydrogen-bond donors (Lipinski definition) is 1. The average molecular weight is 327 g/mol. The van der Waals surface area contributed by atoms with E-state index in [1.54, 1.807) is 17.3 Å². The van der Waals surface area contributed by atoms with Crippen LogP contribution in [0.5, 0.6) is 0 Å². The van der Waals surface area contributed by atoms with Crippen molar-refractivity contribution in [3.8, 4) is 0 Å². The molecule has 5 rings (SSSR count). The first kappa shape index (κ1) is 16.1. The predicted molar refractivity (Wildman–Crippen MR) is 94.1 cm³/mol. The Morgan fingerprint density at radius 1 is 1.12 bits per heavy atom. The largest absolute Gasteiger partial charge is 0.340 e. The average Bonchev–Trinajstić information content (AvgIpc) is 2.57. The van der Waals surface area contributed by atoms with E-state index in [0.29, 0.717) is 13.1 Å². The Morgan fingerprint density at radius 2 is 1.75 bits per heavy atom. The van der Waals surface area contributed by atoms with Crippen molar-refractivity contribution in [2.24, 2.45) is 29.6 Å². The molecule has 4 heteroatoms. The van der Waals surface area contributed by atoms with Gasteiger partial charge in [-0.1, -0.05) is 0 Å². The molecule has 4 fully saturated rings. The molecule has 1 N–H and O–H groups in total. The number of pyridine rings is 1. The fraction of sp³-hybridized carbons (Fsp3) is 0.700. The van der Waals surface area contributed by atoms with Crippen LogP contribution in [0.1, 0.15) is 37.7 Å². The Kier molecular flexibility index (Phi) is 4.57. The number of hydrogen-bond acceptors (Lipinski definition) is 3. The number of aromatic nitrogens is 1. The van der Waals surface area contributed by atoms with Gasteiger partial charge in [0.05, 0.1) is 6.54 Å². The van der Waals surface area contributed by atoms with E-state index in [-0.39, 0.29) is 5.91 Å². The van der Waals surface area contributed by atoms with E-state index in [1.165, 1.54) is 32.1 Å². The Labute approximate surface area is 145 Å². The molecule has 0 spiro atoms. The lowest BCUT2D eigenvalue weighted by Crippen LogP contribution is -2.49. The van der Waals surface area contributed by atoms with Gasteiger partial charge in [0.15, 0.2) is 0 Å². The molecule has 4 saturated carbocycles. The van der Waals surface area contributed by atoms with Crippen molar-refractivity contribution in [2.75, 3.05) is 20.1 Å². The van der Waals surface area contributed by atoms with Gasteiger partial charge in [-0.05, 0) is 85.9 Å². The van der Waals surface area contributed by atoms with Crippen LogP contribution in [0.2, 0.25) is 0 Å². The highest BCUT2D eigenvalue weighted by Gasteiger charge is 2.47. The van der Waals surface area contributed by atoms with Gasteiger partial charge in [0.25, 0.3) is 0 Å². The number of likely N-dealkylation sites (N-methyl/N-ethyl adjacent to an activating group) is 1. The minimum Gasteiger partial charge on any atom is -0.340 e. The van der Waals surface area contributed by atoms with Gasteiger partial charge in [0.1, 0.15) is 0 Å². The zero-order chi connectivity index (χ0) is 16.5. The number of amides is 1. The highest BCUT2D eigenvalue weighted by molar-refractivity contribution is 5.77. The summed E-state index contributed by atoms with van der Waals surface area (Å²) in [5, 5.41) is 3.48. The minimum absolute atomic E-state index is 0.177. The van der Waals surface area contributed by atoms with Crippen LogP contribution >= 0.6 is 0 Å². The first-order valence-electron chi connectivity index (χ1n) is 9.52. The molecular formula is C20H29N3O. The maximum absolute atomic E-state index is 12.3. The second kappa shape index (κ2) is 6.83. The fourth-order valence-electron chi connectivity index (χ4n) is 5.70. The van der Waals surface area contributed by atoms with Crippen molar-refractivity contribution in [2.45, 2.75) is 38.6 Å². The molecule has 4 aliphatic carbocycles. The van der Waals surface area contributed by atoms with E-state index in [2.05, 4.69) is 10.3 Å². The van der Waals surface area contributed by atoms with Gasteiger partial charge in [-0.25, -0.2) is 0 Å². The zero-order valence-electron chi connectivity index (χ0n) is 14.7. The molecular weight excluding hydrogens is 298 g/mol. The molecule has 1 amide bonds. The smallest absolute Gasteiger partial charge is 0.236 e. The van der Waals surface area contributed by atoms with E-state index >= 15 is 0 Å². The van der Waals surface area contributed by atoms with Crippen LogP contribution in [0.4, 0.5) is 0 Å². The van der Waals surface area contributed by atoms with E-state index in [0.717, 1.165) is 41.7 Å². The molecule has 1 aromatic heterocycles. The summed E-state index contributed by atoms with van der Waals surface area (Å²) in [7, 11) is 1.88. The summed E-state index contributed by atoms with van der Waals surface area (Å²) in [5.74, 6) is 4.90. The third kappa shape index (κ3) is 3.34. The summed E-state index contributed by atoms with van der Waals surface area (Å²) < 4.78 is 0. The third-order valence-electron chi connectivity index (χ3n) is 6.67. The van der Waals surface area contributed by atoms with Crippen molar-refractivity contribution in [3.63, 3.8) is 0 Å². The first-order valence-corrected chi connectivity index (χ1v) is 9.52. The lowest BCUT2D eigenvalue weighted by molar-refractivity contribution is -0.129. The highest BCUT2D eigenvalue weighted by Crippen LogP contribution is 2.56. The molecule has 0 radical (unpaired) electrons. The topological polar surface area (TPSA) is 45.2 Å². The molecule has 1 heterocycles. The number of rotatable bonds is 6. The lowest BCUT2D eigenvalue weighted by Gasteiger charge is -2.54. The normalized spacial score (nSPS) is 33.6. The second-order valence-electron chi connectivity index (χ2n) is 8.33. The van der Waals surface area contributed by atoms with E-state index in [4.69, 9.17) is 0 Å². The van der Waals surface area contributed by atoms with E-state index in [9.17, 15) is 4.79 Å². The van der Waals surface area contributed by atoms with Crippen molar-refractivity contribution < 1.29 is 4.79 Å². The van der Waals surface area contributed by atoms with Gasteiger partial charge in [-0.3, -0.25) is 9.78 Å². The van der Waals surface area contributed by atoms with Gasteiger partial charge in [-0.2, -0.15) is 0 Å². The standard InChI is InChI=1S/C20H29N3O/c1-23(13-14-2-4-21-5-3-14)20(24)12-22-11-19-17-7-15-6-16(9-17)10-18(19)8-15/h2-5,15-19,22H,6-13H2,1H3. The highest BCUT2D eigenvalue weighted by atomic mass is 16.2. The predicted octanol–water partition coefficient (Wildman–Crippen LogP) is 2.70. The van der Waals surface area contributed by atoms with Crippen molar-refractivity contribution in [1.29, 1.82) is 0 Å². The van der Waals surface area contributed by atoms with Gasteiger partial charge in [0.2, 0.25) is 5.91 Å². The van der Waals surface area contributed by atoms with Crippen LogP contribution in [0.25, 0.3) is 0 Å². The molecule has 0 atom stereocenters. The molecule has 130 valence electrons. The van der Waals surface area contributed by atoms with Crippen molar-refractivity contribution in [3.05, 3.63) is 30.1 Å². The first-order chi connectivity index (χ1) is 11.7.